The highest BCUT2D eigenvalue weighted by atomic mass is 16.3. The Morgan fingerprint density at radius 2 is 2.05 bits per heavy atom. The Bertz CT molecular complexity index is 386. The quantitative estimate of drug-likeness (QED) is 0.841. The van der Waals surface area contributed by atoms with Gasteiger partial charge in [0.05, 0.1) is 6.10 Å². The number of aliphatic hydroxyl groups excluding tert-OH is 1. The summed E-state index contributed by atoms with van der Waals surface area (Å²) in [5.74, 6) is 3.07. The van der Waals surface area contributed by atoms with Crippen molar-refractivity contribution in [2.24, 2.45) is 23.7 Å². The van der Waals surface area contributed by atoms with Gasteiger partial charge >= 0.3 is 0 Å². The summed E-state index contributed by atoms with van der Waals surface area (Å²) < 4.78 is 0. The summed E-state index contributed by atoms with van der Waals surface area (Å²) in [6.07, 6.45) is 10.5. The third kappa shape index (κ3) is 2.63. The van der Waals surface area contributed by atoms with E-state index in [4.69, 9.17) is 0 Å². The standard InChI is InChI=1S/C19H34N2O/c1-2-13-12-21-10-8-14(13)11-18(21)19(22)16-7-9-20-17-6-4-3-5-15(16)17/h13-20,22H,2-12H2,1H3/t13-,14-,15?,16?,17?,18-,19+/m0/s1. The van der Waals surface area contributed by atoms with Crippen LogP contribution in [0.25, 0.3) is 0 Å². The van der Waals surface area contributed by atoms with E-state index >= 15 is 0 Å². The molecule has 0 amide bonds. The van der Waals surface area contributed by atoms with E-state index in [1.165, 1.54) is 64.5 Å². The lowest BCUT2D eigenvalue weighted by Gasteiger charge is -2.54. The minimum atomic E-state index is -0.0756. The lowest BCUT2D eigenvalue weighted by atomic mass is 9.66. The fourth-order valence-corrected chi connectivity index (χ4v) is 6.28. The Morgan fingerprint density at radius 1 is 1.18 bits per heavy atom. The SMILES string of the molecule is CC[C@H]1CN2CC[C@H]1C[C@H]2[C@H](O)C1CCNC2CCCCC21. The molecule has 0 aromatic rings. The molecule has 2 N–H and O–H groups in total. The average molecular weight is 306 g/mol. The van der Waals surface area contributed by atoms with Crippen LogP contribution in [-0.4, -0.2) is 47.8 Å². The maximum absolute atomic E-state index is 11.2. The van der Waals surface area contributed by atoms with Crippen LogP contribution in [0, 0.1) is 23.7 Å². The van der Waals surface area contributed by atoms with E-state index < -0.39 is 0 Å². The van der Waals surface area contributed by atoms with Crippen molar-refractivity contribution in [1.29, 1.82) is 0 Å². The van der Waals surface area contributed by atoms with Crippen molar-refractivity contribution in [3.05, 3.63) is 0 Å². The molecular formula is C19H34N2O. The Morgan fingerprint density at radius 3 is 2.82 bits per heavy atom. The Hall–Kier alpha value is -0.120. The van der Waals surface area contributed by atoms with Crippen LogP contribution in [0.1, 0.15) is 58.3 Å². The van der Waals surface area contributed by atoms with Crippen molar-refractivity contribution in [2.75, 3.05) is 19.6 Å². The number of aliphatic hydroxyl groups is 1. The Balaban J connectivity index is 1.46. The van der Waals surface area contributed by atoms with Crippen molar-refractivity contribution in [1.82, 2.24) is 10.2 Å². The smallest absolute Gasteiger partial charge is 0.0727 e. The molecule has 4 unspecified atom stereocenters. The molecule has 4 saturated heterocycles. The van der Waals surface area contributed by atoms with Gasteiger partial charge in [0.15, 0.2) is 0 Å². The summed E-state index contributed by atoms with van der Waals surface area (Å²) in [4.78, 5) is 2.65. The first-order valence-electron chi connectivity index (χ1n) is 9.93. The predicted octanol–water partition coefficient (Wildman–Crippen LogP) is 2.64. The number of nitrogens with one attached hydrogen (secondary N) is 1. The van der Waals surface area contributed by atoms with Gasteiger partial charge in [0.25, 0.3) is 0 Å². The second kappa shape index (κ2) is 6.41. The largest absolute Gasteiger partial charge is 0.391 e. The molecule has 1 saturated carbocycles. The zero-order chi connectivity index (χ0) is 15.1. The molecule has 0 spiro atoms. The number of hydrogen-bond acceptors (Lipinski definition) is 3. The maximum Gasteiger partial charge on any atom is 0.0727 e. The highest BCUT2D eigenvalue weighted by Crippen LogP contribution is 2.43. The monoisotopic (exact) mass is 306 g/mol. The first kappa shape index (κ1) is 15.4. The fourth-order valence-electron chi connectivity index (χ4n) is 6.28. The van der Waals surface area contributed by atoms with Gasteiger partial charge in [0, 0.05) is 18.6 Å². The molecule has 8 atom stereocenters. The van der Waals surface area contributed by atoms with Gasteiger partial charge in [-0.3, -0.25) is 4.90 Å². The van der Waals surface area contributed by atoms with Crippen LogP contribution in [0.5, 0.6) is 0 Å². The van der Waals surface area contributed by atoms with E-state index in [0.717, 1.165) is 24.3 Å². The molecule has 5 fully saturated rings. The molecule has 2 bridgehead atoms. The summed E-state index contributed by atoms with van der Waals surface area (Å²) in [7, 11) is 0. The van der Waals surface area contributed by atoms with Crippen LogP contribution in [0.15, 0.2) is 0 Å². The fraction of sp³-hybridized carbons (Fsp3) is 1.00. The number of rotatable bonds is 3. The van der Waals surface area contributed by atoms with E-state index in [9.17, 15) is 5.11 Å². The van der Waals surface area contributed by atoms with Gasteiger partial charge in [-0.15, -0.1) is 0 Å². The average Bonchev–Trinajstić information content (AvgIpc) is 2.60. The highest BCUT2D eigenvalue weighted by molar-refractivity contribution is 5.00. The first-order chi connectivity index (χ1) is 10.8. The van der Waals surface area contributed by atoms with Crippen molar-refractivity contribution in [3.8, 4) is 0 Å². The van der Waals surface area contributed by atoms with Crippen LogP contribution in [0.4, 0.5) is 0 Å². The molecule has 4 heterocycles. The van der Waals surface area contributed by atoms with Crippen molar-refractivity contribution >= 4 is 0 Å². The molecule has 0 radical (unpaired) electrons. The van der Waals surface area contributed by atoms with Gasteiger partial charge in [-0.05, 0) is 68.9 Å². The maximum atomic E-state index is 11.2. The minimum Gasteiger partial charge on any atom is -0.391 e. The summed E-state index contributed by atoms with van der Waals surface area (Å²) in [6.45, 7) is 5.96. The molecule has 0 aromatic heterocycles. The molecule has 3 nitrogen and oxygen atoms in total. The van der Waals surface area contributed by atoms with Crippen molar-refractivity contribution < 1.29 is 5.11 Å². The first-order valence-corrected chi connectivity index (χ1v) is 9.93. The van der Waals surface area contributed by atoms with E-state index in [-0.39, 0.29) is 6.10 Å². The van der Waals surface area contributed by atoms with Crippen LogP contribution in [0.3, 0.4) is 0 Å². The molecular weight excluding hydrogens is 272 g/mol. The molecule has 126 valence electrons. The lowest BCUT2D eigenvalue weighted by molar-refractivity contribution is -0.0924. The molecule has 1 aliphatic carbocycles. The van der Waals surface area contributed by atoms with Crippen LogP contribution < -0.4 is 5.32 Å². The zero-order valence-electron chi connectivity index (χ0n) is 14.2. The number of fused-ring (bicyclic) bond motifs is 4. The number of nitrogens with zero attached hydrogens (tertiary/aromatic N) is 1. The second-order valence-corrected chi connectivity index (χ2v) is 8.47. The van der Waals surface area contributed by atoms with Gasteiger partial charge in [0.1, 0.15) is 0 Å². The Kier molecular flexibility index (Phi) is 4.49. The normalized spacial score (nSPS) is 49.6. The summed E-state index contributed by atoms with van der Waals surface area (Å²) in [5.41, 5.74) is 0. The minimum absolute atomic E-state index is 0.0756. The predicted molar refractivity (Wildman–Crippen MR) is 89.7 cm³/mol. The van der Waals surface area contributed by atoms with E-state index in [2.05, 4.69) is 17.1 Å². The van der Waals surface area contributed by atoms with Crippen LogP contribution in [0.2, 0.25) is 0 Å². The topological polar surface area (TPSA) is 35.5 Å². The second-order valence-electron chi connectivity index (χ2n) is 8.47. The number of piperidine rings is 4. The highest BCUT2D eigenvalue weighted by Gasteiger charge is 2.47. The van der Waals surface area contributed by atoms with E-state index in [1.807, 2.05) is 0 Å². The molecule has 5 aliphatic rings. The molecule has 5 rings (SSSR count). The van der Waals surface area contributed by atoms with Crippen LogP contribution in [-0.2, 0) is 0 Å². The van der Waals surface area contributed by atoms with Crippen LogP contribution >= 0.6 is 0 Å². The van der Waals surface area contributed by atoms with E-state index in [1.54, 1.807) is 0 Å². The third-order valence-electron chi connectivity index (χ3n) is 7.55. The molecule has 0 aromatic carbocycles. The van der Waals surface area contributed by atoms with Gasteiger partial charge in [-0.2, -0.15) is 0 Å². The third-order valence-corrected chi connectivity index (χ3v) is 7.55. The summed E-state index contributed by atoms with van der Waals surface area (Å²) >= 11 is 0. The van der Waals surface area contributed by atoms with E-state index in [0.29, 0.717) is 18.0 Å². The van der Waals surface area contributed by atoms with Gasteiger partial charge in [-0.1, -0.05) is 26.2 Å². The summed E-state index contributed by atoms with van der Waals surface area (Å²) in [5, 5.41) is 15.0. The number of hydrogen-bond donors (Lipinski definition) is 2. The zero-order valence-corrected chi connectivity index (χ0v) is 14.2. The summed E-state index contributed by atoms with van der Waals surface area (Å²) in [6, 6.07) is 1.16. The lowest BCUT2D eigenvalue weighted by Crippen LogP contribution is -2.61. The molecule has 22 heavy (non-hydrogen) atoms. The van der Waals surface area contributed by atoms with Gasteiger partial charge in [-0.25, -0.2) is 0 Å². The van der Waals surface area contributed by atoms with Gasteiger partial charge in [0.2, 0.25) is 0 Å². The Labute approximate surface area is 135 Å². The molecule has 3 heteroatoms. The van der Waals surface area contributed by atoms with Gasteiger partial charge < -0.3 is 10.4 Å². The molecule has 4 aliphatic heterocycles. The van der Waals surface area contributed by atoms with Crippen molar-refractivity contribution in [3.63, 3.8) is 0 Å². The van der Waals surface area contributed by atoms with Crippen molar-refractivity contribution in [2.45, 2.75) is 76.5 Å².